The summed E-state index contributed by atoms with van der Waals surface area (Å²) < 4.78 is 57.6. The smallest absolute Gasteiger partial charge is 0.446 e. The third kappa shape index (κ3) is 2.35. The molecule has 0 aliphatic carbocycles. The molecular formula is C16H12O8S. The summed E-state index contributed by atoms with van der Waals surface area (Å²) in [6, 6.07) is 8.24. The third-order valence-corrected chi connectivity index (χ3v) is 4.84. The van der Waals surface area contributed by atoms with Crippen molar-refractivity contribution >= 4 is 10.4 Å². The largest absolute Gasteiger partial charge is 0.492 e. The first-order valence-corrected chi connectivity index (χ1v) is 8.88. The van der Waals surface area contributed by atoms with Crippen LogP contribution in [0.15, 0.2) is 30.3 Å². The molecule has 2 aromatic carbocycles. The lowest BCUT2D eigenvalue weighted by Crippen LogP contribution is -2.23. The number of hydrogen-bond acceptors (Lipinski definition) is 7. The maximum Gasteiger partial charge on any atom is 0.446 e. The van der Waals surface area contributed by atoms with Crippen LogP contribution in [0.3, 0.4) is 0 Å². The Morgan fingerprint density at radius 1 is 0.960 bits per heavy atom. The zero-order valence-electron chi connectivity index (χ0n) is 12.7. The molecule has 8 nitrogen and oxygen atoms in total. The molecule has 3 aliphatic rings. The normalized spacial score (nSPS) is 22.3. The van der Waals surface area contributed by atoms with Crippen LogP contribution in [0.25, 0.3) is 0 Å². The maximum absolute atomic E-state index is 10.8. The maximum atomic E-state index is 10.8. The molecule has 2 aromatic rings. The van der Waals surface area contributed by atoms with Gasteiger partial charge < -0.3 is 23.1 Å². The fourth-order valence-electron chi connectivity index (χ4n) is 3.40. The van der Waals surface area contributed by atoms with Gasteiger partial charge in [0.1, 0.15) is 23.4 Å². The first kappa shape index (κ1) is 14.7. The van der Waals surface area contributed by atoms with Crippen molar-refractivity contribution in [1.82, 2.24) is 0 Å². The highest BCUT2D eigenvalue weighted by Crippen LogP contribution is 2.54. The van der Waals surface area contributed by atoms with Crippen molar-refractivity contribution in [3.8, 4) is 28.7 Å². The van der Waals surface area contributed by atoms with E-state index in [0.717, 1.165) is 11.1 Å². The van der Waals surface area contributed by atoms with Gasteiger partial charge in [0.2, 0.25) is 6.79 Å². The predicted molar refractivity (Wildman–Crippen MR) is 82.8 cm³/mol. The van der Waals surface area contributed by atoms with E-state index in [1.54, 1.807) is 6.07 Å². The van der Waals surface area contributed by atoms with Crippen LogP contribution < -0.4 is 23.1 Å². The minimum Gasteiger partial charge on any atom is -0.492 e. The average Bonchev–Trinajstić information content (AvgIpc) is 3.14. The standard InChI is InChI=1S/C16H12O8S/c17-25(18,19)24-8-1-2-9-12(3-8)20-6-11-10-4-14-15(22-7-21-14)5-13(10)23-16(9)11/h1-5,11,16H,6-7H2,(H,17,18,19). The summed E-state index contributed by atoms with van der Waals surface area (Å²) in [6.07, 6.45) is -0.263. The molecular weight excluding hydrogens is 352 g/mol. The summed E-state index contributed by atoms with van der Waals surface area (Å²) in [5.74, 6) is 2.46. The van der Waals surface area contributed by atoms with E-state index in [1.807, 2.05) is 12.1 Å². The summed E-state index contributed by atoms with van der Waals surface area (Å²) in [5, 5.41) is 0. The molecule has 0 spiro atoms. The van der Waals surface area contributed by atoms with Gasteiger partial charge in [0.15, 0.2) is 11.5 Å². The molecule has 1 N–H and O–H groups in total. The van der Waals surface area contributed by atoms with Crippen molar-refractivity contribution in [2.45, 2.75) is 12.0 Å². The minimum atomic E-state index is -4.59. The Morgan fingerprint density at radius 3 is 2.56 bits per heavy atom. The quantitative estimate of drug-likeness (QED) is 0.810. The Kier molecular flexibility index (Phi) is 2.89. The second-order valence-electron chi connectivity index (χ2n) is 5.91. The van der Waals surface area contributed by atoms with Crippen LogP contribution in [0.4, 0.5) is 0 Å². The molecule has 0 aromatic heterocycles. The van der Waals surface area contributed by atoms with Gasteiger partial charge in [-0.15, -0.1) is 0 Å². The summed E-state index contributed by atoms with van der Waals surface area (Å²) in [7, 11) is -4.59. The van der Waals surface area contributed by atoms with Crippen LogP contribution in [0, 0.1) is 0 Å². The highest BCUT2D eigenvalue weighted by Gasteiger charge is 2.42. The Bertz CT molecular complexity index is 984. The fraction of sp³-hybridized carbons (Fsp3) is 0.250. The van der Waals surface area contributed by atoms with Gasteiger partial charge in [-0.3, -0.25) is 4.55 Å². The molecule has 3 heterocycles. The summed E-state index contributed by atoms with van der Waals surface area (Å²) in [5.41, 5.74) is 1.76. The SMILES string of the molecule is O=S(=O)(O)Oc1ccc2c(c1)OCC1c3cc4c(cc3OC21)OCO4. The Morgan fingerprint density at radius 2 is 1.76 bits per heavy atom. The van der Waals surface area contributed by atoms with Gasteiger partial charge in [0, 0.05) is 23.3 Å². The van der Waals surface area contributed by atoms with Crippen molar-refractivity contribution in [2.24, 2.45) is 0 Å². The first-order valence-electron chi connectivity index (χ1n) is 7.52. The lowest BCUT2D eigenvalue weighted by molar-refractivity contribution is 0.138. The van der Waals surface area contributed by atoms with Gasteiger partial charge in [-0.2, -0.15) is 8.42 Å². The van der Waals surface area contributed by atoms with Crippen LogP contribution in [-0.2, 0) is 10.4 Å². The van der Waals surface area contributed by atoms with Crippen molar-refractivity contribution < 1.29 is 36.1 Å². The summed E-state index contributed by atoms with van der Waals surface area (Å²) in [4.78, 5) is 0. The van der Waals surface area contributed by atoms with E-state index in [1.165, 1.54) is 12.1 Å². The van der Waals surface area contributed by atoms with Crippen LogP contribution in [0.2, 0.25) is 0 Å². The second-order valence-corrected chi connectivity index (χ2v) is 6.93. The number of rotatable bonds is 2. The summed E-state index contributed by atoms with van der Waals surface area (Å²) in [6.45, 7) is 0.557. The molecule has 130 valence electrons. The van der Waals surface area contributed by atoms with E-state index in [0.29, 0.717) is 29.6 Å². The molecule has 5 rings (SSSR count). The van der Waals surface area contributed by atoms with Crippen LogP contribution in [0.5, 0.6) is 28.7 Å². The van der Waals surface area contributed by atoms with Gasteiger partial charge in [-0.25, -0.2) is 0 Å². The zero-order valence-corrected chi connectivity index (χ0v) is 13.5. The predicted octanol–water partition coefficient (Wildman–Crippen LogP) is 2.21. The molecule has 0 radical (unpaired) electrons. The zero-order chi connectivity index (χ0) is 17.2. The van der Waals surface area contributed by atoms with Crippen molar-refractivity contribution in [3.63, 3.8) is 0 Å². The lowest BCUT2D eigenvalue weighted by Gasteiger charge is -2.28. The van der Waals surface area contributed by atoms with E-state index >= 15 is 0 Å². The molecule has 2 unspecified atom stereocenters. The van der Waals surface area contributed by atoms with Crippen molar-refractivity contribution in [1.29, 1.82) is 0 Å². The van der Waals surface area contributed by atoms with Gasteiger partial charge >= 0.3 is 10.4 Å². The fourth-order valence-corrected chi connectivity index (χ4v) is 3.74. The van der Waals surface area contributed by atoms with E-state index in [4.69, 9.17) is 23.5 Å². The van der Waals surface area contributed by atoms with E-state index in [-0.39, 0.29) is 24.6 Å². The Labute approximate surface area is 142 Å². The van der Waals surface area contributed by atoms with Gasteiger partial charge in [0.05, 0.1) is 12.5 Å². The van der Waals surface area contributed by atoms with Crippen molar-refractivity contribution in [3.05, 3.63) is 41.5 Å². The Balaban J connectivity index is 1.51. The molecule has 2 atom stereocenters. The van der Waals surface area contributed by atoms with Crippen LogP contribution in [-0.4, -0.2) is 26.4 Å². The molecule has 0 fully saturated rings. The molecule has 0 saturated carbocycles. The lowest BCUT2D eigenvalue weighted by atomic mass is 9.89. The van der Waals surface area contributed by atoms with Crippen LogP contribution >= 0.6 is 0 Å². The molecule has 0 amide bonds. The number of fused-ring (bicyclic) bond motifs is 6. The van der Waals surface area contributed by atoms with Crippen molar-refractivity contribution in [2.75, 3.05) is 13.4 Å². The number of ether oxygens (including phenoxy) is 4. The topological polar surface area (TPSA) is 101 Å². The summed E-state index contributed by atoms with van der Waals surface area (Å²) >= 11 is 0. The Hall–Kier alpha value is -2.65. The highest BCUT2D eigenvalue weighted by molar-refractivity contribution is 7.81. The number of benzene rings is 2. The van der Waals surface area contributed by atoms with E-state index < -0.39 is 10.4 Å². The molecule has 25 heavy (non-hydrogen) atoms. The van der Waals surface area contributed by atoms with E-state index in [2.05, 4.69) is 4.18 Å². The molecule has 9 heteroatoms. The molecule has 0 bridgehead atoms. The van der Waals surface area contributed by atoms with E-state index in [9.17, 15) is 8.42 Å². The molecule has 0 saturated heterocycles. The van der Waals surface area contributed by atoms with Gasteiger partial charge in [-0.1, -0.05) is 0 Å². The van der Waals surface area contributed by atoms with Gasteiger partial charge in [0.25, 0.3) is 0 Å². The van der Waals surface area contributed by atoms with Gasteiger partial charge in [-0.05, 0) is 18.2 Å². The number of hydrogen-bond donors (Lipinski definition) is 1. The third-order valence-electron chi connectivity index (χ3n) is 4.44. The first-order chi connectivity index (χ1) is 12.0. The van der Waals surface area contributed by atoms with Crippen LogP contribution in [0.1, 0.15) is 23.1 Å². The molecule has 3 aliphatic heterocycles. The average molecular weight is 364 g/mol. The monoisotopic (exact) mass is 364 g/mol. The second kappa shape index (κ2) is 4.93. The minimum absolute atomic E-state index is 0.00894. The highest BCUT2D eigenvalue weighted by atomic mass is 32.3.